The normalized spacial score (nSPS) is 22.9. The van der Waals surface area contributed by atoms with Gasteiger partial charge >= 0.3 is 0 Å². The van der Waals surface area contributed by atoms with E-state index < -0.39 is 0 Å². The van der Waals surface area contributed by atoms with Crippen molar-refractivity contribution in [2.24, 2.45) is 11.8 Å². The molecular formula is C18H22BrN. The van der Waals surface area contributed by atoms with Crippen LogP contribution in [0.3, 0.4) is 0 Å². The molecule has 1 aliphatic carbocycles. The van der Waals surface area contributed by atoms with Gasteiger partial charge in [0.2, 0.25) is 0 Å². The van der Waals surface area contributed by atoms with Crippen molar-refractivity contribution < 1.29 is 0 Å². The molecule has 1 aliphatic rings. The first-order chi connectivity index (χ1) is 9.70. The van der Waals surface area contributed by atoms with E-state index in [-0.39, 0.29) is 0 Å². The molecule has 1 N–H and O–H groups in total. The van der Waals surface area contributed by atoms with Crippen LogP contribution in [0.25, 0.3) is 10.8 Å². The largest absolute Gasteiger partial charge is 0.385 e. The minimum Gasteiger partial charge on any atom is -0.385 e. The summed E-state index contributed by atoms with van der Waals surface area (Å²) < 4.78 is 1.14. The fourth-order valence-corrected chi connectivity index (χ4v) is 3.71. The lowest BCUT2D eigenvalue weighted by Gasteiger charge is -2.27. The van der Waals surface area contributed by atoms with Gasteiger partial charge in [0.25, 0.3) is 0 Å². The maximum Gasteiger partial charge on any atom is 0.0346 e. The van der Waals surface area contributed by atoms with E-state index in [4.69, 9.17) is 0 Å². The van der Waals surface area contributed by atoms with Crippen LogP contribution in [0.2, 0.25) is 0 Å². The highest BCUT2D eigenvalue weighted by atomic mass is 79.9. The molecule has 0 bridgehead atoms. The second-order valence-corrected chi connectivity index (χ2v) is 7.14. The number of nitrogens with one attached hydrogen (secondary N) is 1. The summed E-state index contributed by atoms with van der Waals surface area (Å²) in [4.78, 5) is 0. The number of benzene rings is 2. The van der Waals surface area contributed by atoms with E-state index in [2.05, 4.69) is 64.6 Å². The molecule has 20 heavy (non-hydrogen) atoms. The van der Waals surface area contributed by atoms with Gasteiger partial charge in [-0.3, -0.25) is 0 Å². The zero-order valence-electron chi connectivity index (χ0n) is 12.0. The molecule has 0 radical (unpaired) electrons. The van der Waals surface area contributed by atoms with Gasteiger partial charge in [-0.05, 0) is 59.7 Å². The van der Waals surface area contributed by atoms with Crippen LogP contribution < -0.4 is 5.32 Å². The van der Waals surface area contributed by atoms with Gasteiger partial charge in [-0.1, -0.05) is 47.8 Å². The molecule has 2 aromatic rings. The molecule has 1 saturated carbocycles. The van der Waals surface area contributed by atoms with Gasteiger partial charge in [-0.25, -0.2) is 0 Å². The number of anilines is 1. The lowest BCUT2D eigenvalue weighted by atomic mass is 9.82. The third-order valence-corrected chi connectivity index (χ3v) is 4.94. The Morgan fingerprint density at radius 2 is 1.90 bits per heavy atom. The first-order valence-corrected chi connectivity index (χ1v) is 8.43. The smallest absolute Gasteiger partial charge is 0.0346 e. The van der Waals surface area contributed by atoms with E-state index in [0.717, 1.165) is 22.9 Å². The predicted octanol–water partition coefficient (Wildman–Crippen LogP) is 5.84. The van der Waals surface area contributed by atoms with Crippen LogP contribution in [0.4, 0.5) is 5.69 Å². The van der Waals surface area contributed by atoms with E-state index in [1.165, 1.54) is 42.1 Å². The minimum atomic E-state index is 0.847. The highest BCUT2D eigenvalue weighted by Crippen LogP contribution is 2.29. The number of fused-ring (bicyclic) bond motifs is 1. The molecule has 1 fully saturated rings. The standard InChI is InChI=1S/C18H22BrN/c1-13-3-2-4-14(9-13)12-20-18-8-6-15-10-17(19)7-5-16(15)11-18/h5-8,10-11,13-14,20H,2-4,9,12H2,1H3. The summed E-state index contributed by atoms with van der Waals surface area (Å²) in [5.74, 6) is 1.75. The lowest BCUT2D eigenvalue weighted by Crippen LogP contribution is -2.20. The summed E-state index contributed by atoms with van der Waals surface area (Å²) in [6, 6.07) is 13.1. The molecule has 2 heteroatoms. The average molecular weight is 332 g/mol. The van der Waals surface area contributed by atoms with E-state index >= 15 is 0 Å². The molecule has 0 saturated heterocycles. The molecule has 0 heterocycles. The molecule has 2 unspecified atom stereocenters. The highest BCUT2D eigenvalue weighted by molar-refractivity contribution is 9.10. The Labute approximate surface area is 129 Å². The van der Waals surface area contributed by atoms with Crippen LogP contribution in [0, 0.1) is 11.8 Å². The minimum absolute atomic E-state index is 0.847. The van der Waals surface area contributed by atoms with E-state index in [9.17, 15) is 0 Å². The van der Waals surface area contributed by atoms with Crippen LogP contribution >= 0.6 is 15.9 Å². The maximum absolute atomic E-state index is 3.63. The molecule has 0 spiro atoms. The van der Waals surface area contributed by atoms with Gasteiger partial charge in [-0.2, -0.15) is 0 Å². The maximum atomic E-state index is 3.63. The highest BCUT2D eigenvalue weighted by Gasteiger charge is 2.18. The first-order valence-electron chi connectivity index (χ1n) is 7.64. The summed E-state index contributed by atoms with van der Waals surface area (Å²) in [5, 5.41) is 6.22. The summed E-state index contributed by atoms with van der Waals surface area (Å²) in [5.41, 5.74) is 1.25. The Bertz CT molecular complexity index is 593. The van der Waals surface area contributed by atoms with Crippen LogP contribution in [0.1, 0.15) is 32.6 Å². The molecule has 3 rings (SSSR count). The summed E-state index contributed by atoms with van der Waals surface area (Å²) in [6.45, 7) is 3.51. The van der Waals surface area contributed by atoms with E-state index in [1.54, 1.807) is 0 Å². The zero-order chi connectivity index (χ0) is 13.9. The third-order valence-electron chi connectivity index (χ3n) is 4.44. The van der Waals surface area contributed by atoms with Crippen LogP contribution in [-0.4, -0.2) is 6.54 Å². The molecule has 106 valence electrons. The molecule has 0 aliphatic heterocycles. The number of rotatable bonds is 3. The number of hydrogen-bond acceptors (Lipinski definition) is 1. The Hall–Kier alpha value is -1.02. The van der Waals surface area contributed by atoms with Crippen molar-refractivity contribution in [2.45, 2.75) is 32.6 Å². The van der Waals surface area contributed by atoms with E-state index in [1.807, 2.05) is 0 Å². The molecule has 0 aromatic heterocycles. The van der Waals surface area contributed by atoms with Gasteiger partial charge < -0.3 is 5.32 Å². The summed E-state index contributed by atoms with van der Waals surface area (Å²) in [7, 11) is 0. The number of halogens is 1. The van der Waals surface area contributed by atoms with Crippen molar-refractivity contribution in [1.29, 1.82) is 0 Å². The lowest BCUT2D eigenvalue weighted by molar-refractivity contribution is 0.293. The van der Waals surface area contributed by atoms with Gasteiger partial charge in [0.1, 0.15) is 0 Å². The molecule has 1 nitrogen and oxygen atoms in total. The van der Waals surface area contributed by atoms with Crippen LogP contribution in [-0.2, 0) is 0 Å². The quantitative estimate of drug-likeness (QED) is 0.744. The Morgan fingerprint density at radius 1 is 1.10 bits per heavy atom. The molecular weight excluding hydrogens is 310 g/mol. The molecule has 0 amide bonds. The van der Waals surface area contributed by atoms with Gasteiger partial charge in [0, 0.05) is 16.7 Å². The summed E-state index contributed by atoms with van der Waals surface area (Å²) in [6.07, 6.45) is 5.59. The average Bonchev–Trinajstić information content (AvgIpc) is 2.45. The Kier molecular flexibility index (Phi) is 4.30. The second kappa shape index (κ2) is 6.17. The van der Waals surface area contributed by atoms with Crippen molar-refractivity contribution in [1.82, 2.24) is 0 Å². The monoisotopic (exact) mass is 331 g/mol. The molecule has 2 aromatic carbocycles. The van der Waals surface area contributed by atoms with Crippen molar-refractivity contribution in [3.63, 3.8) is 0 Å². The third kappa shape index (κ3) is 3.35. The predicted molar refractivity (Wildman–Crippen MR) is 91.3 cm³/mol. The van der Waals surface area contributed by atoms with Crippen molar-refractivity contribution in [2.75, 3.05) is 11.9 Å². The van der Waals surface area contributed by atoms with Crippen molar-refractivity contribution in [3.8, 4) is 0 Å². The van der Waals surface area contributed by atoms with Gasteiger partial charge in [0.15, 0.2) is 0 Å². The van der Waals surface area contributed by atoms with Crippen LogP contribution in [0.5, 0.6) is 0 Å². The molecule has 2 atom stereocenters. The number of hydrogen-bond donors (Lipinski definition) is 1. The Balaban J connectivity index is 1.67. The van der Waals surface area contributed by atoms with Gasteiger partial charge in [-0.15, -0.1) is 0 Å². The SMILES string of the molecule is CC1CCCC(CNc2ccc3cc(Br)ccc3c2)C1. The fourth-order valence-electron chi connectivity index (χ4n) is 3.33. The van der Waals surface area contributed by atoms with Crippen molar-refractivity contribution >= 4 is 32.4 Å². The second-order valence-electron chi connectivity index (χ2n) is 6.22. The van der Waals surface area contributed by atoms with E-state index in [0.29, 0.717) is 0 Å². The fraction of sp³-hybridized carbons (Fsp3) is 0.444. The van der Waals surface area contributed by atoms with Crippen molar-refractivity contribution in [3.05, 3.63) is 40.9 Å². The van der Waals surface area contributed by atoms with Crippen LogP contribution in [0.15, 0.2) is 40.9 Å². The Morgan fingerprint density at radius 3 is 2.75 bits per heavy atom. The summed E-state index contributed by atoms with van der Waals surface area (Å²) >= 11 is 3.52. The topological polar surface area (TPSA) is 12.0 Å². The first kappa shape index (κ1) is 13.9. The zero-order valence-corrected chi connectivity index (χ0v) is 13.6. The van der Waals surface area contributed by atoms with Gasteiger partial charge in [0.05, 0.1) is 0 Å².